The highest BCUT2D eigenvalue weighted by atomic mass is 19.4. The molecule has 4 heterocycles. The quantitative estimate of drug-likeness (QED) is 0.384. The van der Waals surface area contributed by atoms with Gasteiger partial charge in [0.2, 0.25) is 5.95 Å². The summed E-state index contributed by atoms with van der Waals surface area (Å²) in [5, 5.41) is 8.18. The summed E-state index contributed by atoms with van der Waals surface area (Å²) < 4.78 is 81.4. The van der Waals surface area contributed by atoms with Gasteiger partial charge in [-0.3, -0.25) is 4.98 Å². The first-order valence-electron chi connectivity index (χ1n) is 13.2. The van der Waals surface area contributed by atoms with Crippen molar-refractivity contribution in [2.24, 2.45) is 11.8 Å². The van der Waals surface area contributed by atoms with Crippen LogP contribution >= 0.6 is 0 Å². The first-order chi connectivity index (χ1) is 18.6. The summed E-state index contributed by atoms with van der Waals surface area (Å²) in [5.41, 5.74) is -0.473. The molecule has 1 aromatic carbocycles. The SMILES string of the molecule is FC(F)(F)c1cccc(C2CCCCn3nc(N[C@@H]4C5CC[C@H]4CN(c4ccnc(C(F)(F)F)c4)C5)nc32)c1. The number of piperidine rings is 1. The third kappa shape index (κ3) is 5.17. The Bertz CT molecular complexity index is 1320. The number of aromatic nitrogens is 4. The minimum absolute atomic E-state index is 0.0730. The Morgan fingerprint density at radius 1 is 0.872 bits per heavy atom. The zero-order chi connectivity index (χ0) is 27.4. The summed E-state index contributed by atoms with van der Waals surface area (Å²) >= 11 is 0. The van der Waals surface area contributed by atoms with Gasteiger partial charge in [0.25, 0.3) is 0 Å². The fourth-order valence-corrected chi connectivity index (χ4v) is 6.41. The molecule has 3 aromatic rings. The molecule has 3 aliphatic rings. The topological polar surface area (TPSA) is 58.9 Å². The second kappa shape index (κ2) is 9.71. The highest BCUT2D eigenvalue weighted by Gasteiger charge is 2.43. The molecule has 0 radical (unpaired) electrons. The number of benzene rings is 1. The molecule has 2 unspecified atom stereocenters. The highest BCUT2D eigenvalue weighted by Crippen LogP contribution is 2.41. The molecule has 2 bridgehead atoms. The van der Waals surface area contributed by atoms with Gasteiger partial charge in [-0.1, -0.05) is 24.6 Å². The van der Waals surface area contributed by atoms with Crippen molar-refractivity contribution in [1.29, 1.82) is 0 Å². The third-order valence-electron chi connectivity index (χ3n) is 8.27. The van der Waals surface area contributed by atoms with E-state index < -0.39 is 23.6 Å². The molecule has 6 nitrogen and oxygen atoms in total. The van der Waals surface area contributed by atoms with Gasteiger partial charge < -0.3 is 10.2 Å². The Hall–Kier alpha value is -3.31. The number of hydrogen-bond acceptors (Lipinski definition) is 5. The molecule has 6 rings (SSSR count). The van der Waals surface area contributed by atoms with Crippen molar-refractivity contribution in [2.45, 2.75) is 63.0 Å². The Morgan fingerprint density at radius 2 is 1.64 bits per heavy atom. The molecule has 39 heavy (non-hydrogen) atoms. The maximum absolute atomic E-state index is 13.4. The largest absolute Gasteiger partial charge is 0.433 e. The van der Waals surface area contributed by atoms with Crippen LogP contribution in [-0.4, -0.2) is 38.9 Å². The molecule has 0 spiro atoms. The highest BCUT2D eigenvalue weighted by molar-refractivity contribution is 5.49. The van der Waals surface area contributed by atoms with E-state index in [0.717, 1.165) is 37.8 Å². The van der Waals surface area contributed by atoms with Gasteiger partial charge in [-0.25, -0.2) is 4.68 Å². The number of pyridine rings is 1. The van der Waals surface area contributed by atoms with Crippen molar-refractivity contribution in [3.8, 4) is 0 Å². The average molecular weight is 551 g/mol. The van der Waals surface area contributed by atoms with E-state index in [9.17, 15) is 26.3 Å². The summed E-state index contributed by atoms with van der Waals surface area (Å²) in [5.74, 6) is 1.24. The van der Waals surface area contributed by atoms with Gasteiger partial charge in [0.15, 0.2) is 0 Å². The van der Waals surface area contributed by atoms with Crippen molar-refractivity contribution < 1.29 is 26.3 Å². The van der Waals surface area contributed by atoms with Crippen molar-refractivity contribution in [3.63, 3.8) is 0 Å². The fourth-order valence-electron chi connectivity index (χ4n) is 6.41. The van der Waals surface area contributed by atoms with Gasteiger partial charge in [0.1, 0.15) is 11.5 Å². The van der Waals surface area contributed by atoms with E-state index in [1.807, 2.05) is 9.58 Å². The smallest absolute Gasteiger partial charge is 0.371 e. The van der Waals surface area contributed by atoms with Crippen LogP contribution in [0.2, 0.25) is 0 Å². The Morgan fingerprint density at radius 3 is 2.36 bits per heavy atom. The van der Waals surface area contributed by atoms with Crippen LogP contribution in [0.3, 0.4) is 0 Å². The molecule has 1 saturated carbocycles. The van der Waals surface area contributed by atoms with Gasteiger partial charge >= 0.3 is 12.4 Å². The molecule has 1 N–H and O–H groups in total. The molecule has 1 saturated heterocycles. The van der Waals surface area contributed by atoms with Crippen LogP contribution in [-0.2, 0) is 18.9 Å². The van der Waals surface area contributed by atoms with E-state index in [4.69, 9.17) is 4.98 Å². The summed E-state index contributed by atoms with van der Waals surface area (Å²) in [6.07, 6.45) is -3.41. The van der Waals surface area contributed by atoms with E-state index in [1.54, 1.807) is 12.1 Å². The number of hydrogen-bond donors (Lipinski definition) is 1. The van der Waals surface area contributed by atoms with Crippen molar-refractivity contribution in [3.05, 3.63) is 65.2 Å². The number of aryl methyl sites for hydroxylation is 1. The van der Waals surface area contributed by atoms with Crippen LogP contribution in [0.4, 0.5) is 38.0 Å². The summed E-state index contributed by atoms with van der Waals surface area (Å²) in [6.45, 7) is 1.86. The minimum atomic E-state index is -4.49. The van der Waals surface area contributed by atoms with Gasteiger partial charge in [-0.2, -0.15) is 31.3 Å². The zero-order valence-corrected chi connectivity index (χ0v) is 21.0. The molecule has 2 aromatic heterocycles. The third-order valence-corrected chi connectivity index (χ3v) is 8.27. The van der Waals surface area contributed by atoms with E-state index in [0.29, 0.717) is 49.1 Å². The fraction of sp³-hybridized carbons (Fsp3) is 0.519. The Labute approximate surface area is 221 Å². The van der Waals surface area contributed by atoms with Crippen LogP contribution in [0, 0.1) is 11.8 Å². The van der Waals surface area contributed by atoms with E-state index >= 15 is 0 Å². The van der Waals surface area contributed by atoms with Gasteiger partial charge in [-0.15, -0.1) is 5.10 Å². The molecule has 0 amide bonds. The zero-order valence-electron chi connectivity index (χ0n) is 21.0. The van der Waals surface area contributed by atoms with Gasteiger partial charge in [-0.05, 0) is 61.3 Å². The first-order valence-corrected chi connectivity index (χ1v) is 13.2. The predicted molar refractivity (Wildman–Crippen MR) is 132 cm³/mol. The molecular formula is C27H28F6N6. The van der Waals surface area contributed by atoms with Crippen LogP contribution in [0.15, 0.2) is 42.6 Å². The van der Waals surface area contributed by atoms with Crippen molar-refractivity contribution >= 4 is 11.6 Å². The van der Waals surface area contributed by atoms with E-state index in [2.05, 4.69) is 15.4 Å². The number of fused-ring (bicyclic) bond motifs is 3. The van der Waals surface area contributed by atoms with E-state index in [-0.39, 0.29) is 23.8 Å². The second-order valence-electron chi connectivity index (χ2n) is 10.8. The second-order valence-corrected chi connectivity index (χ2v) is 10.8. The molecule has 2 fully saturated rings. The molecular weight excluding hydrogens is 522 g/mol. The van der Waals surface area contributed by atoms with Crippen LogP contribution < -0.4 is 10.2 Å². The average Bonchev–Trinajstić information content (AvgIpc) is 3.29. The monoisotopic (exact) mass is 550 g/mol. The van der Waals surface area contributed by atoms with Gasteiger partial charge in [0.05, 0.1) is 5.56 Å². The van der Waals surface area contributed by atoms with Gasteiger partial charge in [0, 0.05) is 43.5 Å². The normalized spacial score (nSPS) is 25.3. The lowest BCUT2D eigenvalue weighted by atomic mass is 9.91. The number of nitrogens with zero attached hydrogens (tertiary/aromatic N) is 5. The minimum Gasteiger partial charge on any atom is -0.371 e. The van der Waals surface area contributed by atoms with Crippen molar-refractivity contribution in [1.82, 2.24) is 19.7 Å². The lowest BCUT2D eigenvalue weighted by molar-refractivity contribution is -0.141. The molecule has 12 heteroatoms. The standard InChI is InChI=1S/C27H28F6N6/c28-26(29,30)19-5-3-4-16(12-19)21-6-1-2-11-39-24(21)36-25(37-39)35-23-17-7-8-18(23)15-38(14-17)20-9-10-34-22(13-20)27(31,32)33/h3-5,9-10,12-13,17-18,21,23H,1-2,6-8,11,14-15H2,(H,35,37)/t17-,18?,21?,23-/m0/s1. The van der Waals surface area contributed by atoms with Crippen LogP contribution in [0.25, 0.3) is 0 Å². The summed E-state index contributed by atoms with van der Waals surface area (Å²) in [4.78, 5) is 10.3. The predicted octanol–water partition coefficient (Wildman–Crippen LogP) is 6.35. The maximum Gasteiger partial charge on any atom is 0.433 e. The molecule has 2 aliphatic heterocycles. The van der Waals surface area contributed by atoms with Crippen LogP contribution in [0.1, 0.15) is 60.7 Å². The summed E-state index contributed by atoms with van der Waals surface area (Å²) in [7, 11) is 0. The van der Waals surface area contributed by atoms with Crippen LogP contribution in [0.5, 0.6) is 0 Å². The number of anilines is 2. The number of rotatable bonds is 4. The Balaban J connectivity index is 1.21. The number of alkyl halides is 6. The lowest BCUT2D eigenvalue weighted by Gasteiger charge is -2.39. The van der Waals surface area contributed by atoms with E-state index in [1.165, 1.54) is 18.3 Å². The lowest BCUT2D eigenvalue weighted by Crippen LogP contribution is -2.48. The number of nitrogens with one attached hydrogen (secondary N) is 1. The first kappa shape index (κ1) is 25.9. The molecule has 1 aliphatic carbocycles. The summed E-state index contributed by atoms with van der Waals surface area (Å²) in [6, 6.07) is 8.24. The number of halogens is 6. The Kier molecular flexibility index (Phi) is 6.46. The molecule has 4 atom stereocenters. The maximum atomic E-state index is 13.4. The molecule has 208 valence electrons. The van der Waals surface area contributed by atoms with Crippen molar-refractivity contribution in [2.75, 3.05) is 23.3 Å².